The second-order valence-electron chi connectivity index (χ2n) is 6.76. The van der Waals surface area contributed by atoms with Gasteiger partial charge in [0.05, 0.1) is 13.2 Å². The summed E-state index contributed by atoms with van der Waals surface area (Å²) in [6, 6.07) is 13.7. The molecule has 1 atom stereocenters. The summed E-state index contributed by atoms with van der Waals surface area (Å²) >= 11 is 0. The number of carboxylic acid groups (broad SMARTS) is 1. The highest BCUT2D eigenvalue weighted by atomic mass is 16.5. The number of aliphatic carboxylic acids is 1. The first kappa shape index (κ1) is 20.2. The third-order valence-corrected chi connectivity index (χ3v) is 5.13. The Kier molecular flexibility index (Phi) is 6.36. The summed E-state index contributed by atoms with van der Waals surface area (Å²) in [6.45, 7) is 0.288. The Balaban J connectivity index is 2.00. The van der Waals surface area contributed by atoms with Crippen molar-refractivity contribution in [1.82, 2.24) is 4.90 Å². The number of rotatable bonds is 8. The van der Waals surface area contributed by atoms with Crippen molar-refractivity contribution in [2.24, 2.45) is 5.11 Å². The van der Waals surface area contributed by atoms with Crippen molar-refractivity contribution >= 4 is 12.1 Å². The quantitative estimate of drug-likeness (QED) is 0.301. The predicted molar refractivity (Wildman–Crippen MR) is 107 cm³/mol. The molecule has 29 heavy (non-hydrogen) atoms. The van der Waals surface area contributed by atoms with Crippen LogP contribution in [0.5, 0.6) is 0 Å². The van der Waals surface area contributed by atoms with E-state index in [4.69, 9.17) is 10.3 Å². The van der Waals surface area contributed by atoms with Crippen LogP contribution < -0.4 is 0 Å². The van der Waals surface area contributed by atoms with Gasteiger partial charge in [0, 0.05) is 11.5 Å². The number of hydrogen-bond donors (Lipinski definition) is 1. The molecule has 2 aromatic rings. The molecule has 0 aliphatic heterocycles. The lowest BCUT2D eigenvalue weighted by molar-refractivity contribution is -0.143. The molecule has 150 valence electrons. The van der Waals surface area contributed by atoms with Gasteiger partial charge in [-0.15, -0.1) is 0 Å². The predicted octanol–water partition coefficient (Wildman–Crippen LogP) is 4.76. The van der Waals surface area contributed by atoms with E-state index < -0.39 is 24.1 Å². The first-order chi connectivity index (χ1) is 14.1. The number of benzene rings is 2. The number of unbranched alkanes of at least 4 members (excludes halogenated alkanes) is 1. The minimum atomic E-state index is -1.10. The van der Waals surface area contributed by atoms with Crippen molar-refractivity contribution in [3.8, 4) is 11.1 Å². The number of amides is 1. The van der Waals surface area contributed by atoms with Crippen LogP contribution in [0.3, 0.4) is 0 Å². The molecule has 0 unspecified atom stereocenters. The van der Waals surface area contributed by atoms with E-state index in [1.54, 1.807) is 0 Å². The second kappa shape index (κ2) is 9.12. The maximum atomic E-state index is 12.8. The summed E-state index contributed by atoms with van der Waals surface area (Å²) in [5, 5.41) is 13.4. The Bertz CT molecular complexity index is 910. The molecule has 0 bridgehead atoms. The van der Waals surface area contributed by atoms with E-state index in [2.05, 4.69) is 10.0 Å². The van der Waals surface area contributed by atoms with Crippen molar-refractivity contribution in [3.05, 3.63) is 70.1 Å². The Morgan fingerprint density at radius 1 is 1.14 bits per heavy atom. The normalized spacial score (nSPS) is 13.0. The fourth-order valence-electron chi connectivity index (χ4n) is 3.89. The average molecular weight is 394 g/mol. The van der Waals surface area contributed by atoms with Gasteiger partial charge < -0.3 is 9.84 Å². The van der Waals surface area contributed by atoms with Crippen LogP contribution in [0.2, 0.25) is 0 Å². The summed E-state index contributed by atoms with van der Waals surface area (Å²) in [6.07, 6.45) is 0.579. The van der Waals surface area contributed by atoms with E-state index in [1.807, 2.05) is 48.5 Å². The largest absolute Gasteiger partial charge is 0.480 e. The summed E-state index contributed by atoms with van der Waals surface area (Å²) < 4.78 is 4.99. The van der Waals surface area contributed by atoms with Crippen LogP contribution in [0.25, 0.3) is 21.6 Å². The standard InChI is InChI=1S/C21H22N4O4/c1-29-21(28)25(18(20(26)27)12-6-7-13-23-24-22)19-16-10-4-2-8-14(16)15-9-3-5-11-17(15)19/h2-5,8-11,18-19H,6-7,12-13H2,1H3,(H,26,27)/t18-/m0/s1. The van der Waals surface area contributed by atoms with Crippen LogP contribution in [0.15, 0.2) is 53.6 Å². The van der Waals surface area contributed by atoms with Gasteiger partial charge in [-0.1, -0.05) is 60.1 Å². The number of methoxy groups -OCH3 is 1. The molecule has 1 N–H and O–H groups in total. The van der Waals surface area contributed by atoms with Crippen LogP contribution in [-0.2, 0) is 9.53 Å². The molecular formula is C21H22N4O4. The maximum absolute atomic E-state index is 12.8. The van der Waals surface area contributed by atoms with Gasteiger partial charge in [-0.3, -0.25) is 4.90 Å². The van der Waals surface area contributed by atoms with Crippen LogP contribution in [-0.4, -0.2) is 41.8 Å². The van der Waals surface area contributed by atoms with Gasteiger partial charge in [-0.2, -0.15) is 0 Å². The molecule has 0 saturated carbocycles. The second-order valence-corrected chi connectivity index (χ2v) is 6.76. The van der Waals surface area contributed by atoms with E-state index in [9.17, 15) is 14.7 Å². The molecule has 8 nitrogen and oxygen atoms in total. The fraction of sp³-hybridized carbons (Fsp3) is 0.333. The highest BCUT2D eigenvalue weighted by molar-refractivity contribution is 5.85. The number of hydrogen-bond acceptors (Lipinski definition) is 4. The van der Waals surface area contributed by atoms with Crippen LogP contribution in [0, 0.1) is 0 Å². The van der Waals surface area contributed by atoms with E-state index in [-0.39, 0.29) is 13.0 Å². The van der Waals surface area contributed by atoms with Crippen molar-refractivity contribution in [1.29, 1.82) is 0 Å². The molecule has 3 rings (SSSR count). The van der Waals surface area contributed by atoms with Gasteiger partial charge in [0.25, 0.3) is 0 Å². The van der Waals surface area contributed by atoms with Crippen molar-refractivity contribution in [2.45, 2.75) is 31.3 Å². The molecule has 1 aliphatic rings. The molecule has 0 aromatic heterocycles. The monoisotopic (exact) mass is 394 g/mol. The van der Waals surface area contributed by atoms with E-state index >= 15 is 0 Å². The van der Waals surface area contributed by atoms with Gasteiger partial charge >= 0.3 is 12.1 Å². The summed E-state index contributed by atoms with van der Waals surface area (Å²) in [5.41, 5.74) is 12.1. The number of carbonyl (C=O) groups is 2. The lowest BCUT2D eigenvalue weighted by Gasteiger charge is -2.34. The van der Waals surface area contributed by atoms with E-state index in [0.717, 1.165) is 22.3 Å². The number of nitrogens with zero attached hydrogens (tertiary/aromatic N) is 4. The molecule has 8 heteroatoms. The fourth-order valence-corrected chi connectivity index (χ4v) is 3.89. The number of ether oxygens (including phenoxy) is 1. The topological polar surface area (TPSA) is 116 Å². The maximum Gasteiger partial charge on any atom is 0.411 e. The average Bonchev–Trinajstić information content (AvgIpc) is 3.06. The number of azide groups is 1. The SMILES string of the molecule is COC(=O)N(C1c2ccccc2-c2ccccc21)[C@@H](CCCCN=[N+]=[N-])C(=O)O. The third-order valence-electron chi connectivity index (χ3n) is 5.13. The van der Waals surface area contributed by atoms with Crippen LogP contribution in [0.4, 0.5) is 4.79 Å². The molecule has 1 aliphatic carbocycles. The molecule has 2 aromatic carbocycles. The Morgan fingerprint density at radius 3 is 2.24 bits per heavy atom. The van der Waals surface area contributed by atoms with Gasteiger partial charge in [0.15, 0.2) is 0 Å². The molecule has 0 spiro atoms. The zero-order valence-corrected chi connectivity index (χ0v) is 16.1. The zero-order valence-electron chi connectivity index (χ0n) is 16.1. The highest BCUT2D eigenvalue weighted by Crippen LogP contribution is 2.47. The number of carboxylic acids is 1. The Morgan fingerprint density at radius 2 is 1.72 bits per heavy atom. The molecule has 1 amide bonds. The number of fused-ring (bicyclic) bond motifs is 3. The van der Waals surface area contributed by atoms with Gasteiger partial charge in [0.1, 0.15) is 6.04 Å². The van der Waals surface area contributed by atoms with Crippen LogP contribution in [0.1, 0.15) is 36.4 Å². The minimum Gasteiger partial charge on any atom is -0.480 e. The van der Waals surface area contributed by atoms with Crippen LogP contribution >= 0.6 is 0 Å². The third kappa shape index (κ3) is 4.02. The minimum absolute atomic E-state index is 0.228. The van der Waals surface area contributed by atoms with Crippen molar-refractivity contribution in [3.63, 3.8) is 0 Å². The summed E-state index contributed by atoms with van der Waals surface area (Å²) in [4.78, 5) is 28.9. The zero-order chi connectivity index (χ0) is 20.8. The van der Waals surface area contributed by atoms with Gasteiger partial charge in [-0.05, 0) is 40.6 Å². The molecule has 0 saturated heterocycles. The highest BCUT2D eigenvalue weighted by Gasteiger charge is 2.41. The Hall–Kier alpha value is -3.51. The smallest absolute Gasteiger partial charge is 0.411 e. The van der Waals surface area contributed by atoms with Crippen molar-refractivity contribution < 1.29 is 19.4 Å². The first-order valence-electron chi connectivity index (χ1n) is 9.38. The molecular weight excluding hydrogens is 372 g/mol. The van der Waals surface area contributed by atoms with E-state index in [0.29, 0.717) is 12.8 Å². The van der Waals surface area contributed by atoms with Gasteiger partial charge in [-0.25, -0.2) is 9.59 Å². The lowest BCUT2D eigenvalue weighted by atomic mass is 9.99. The van der Waals surface area contributed by atoms with Gasteiger partial charge in [0.2, 0.25) is 0 Å². The Labute approximate surface area is 168 Å². The van der Waals surface area contributed by atoms with E-state index in [1.165, 1.54) is 12.0 Å². The molecule has 0 fully saturated rings. The lowest BCUT2D eigenvalue weighted by Crippen LogP contribution is -2.47. The summed E-state index contributed by atoms with van der Waals surface area (Å²) in [7, 11) is 1.25. The molecule has 0 radical (unpaired) electrons. The summed E-state index contributed by atoms with van der Waals surface area (Å²) in [5.74, 6) is -1.10. The molecule has 0 heterocycles. The van der Waals surface area contributed by atoms with Crippen molar-refractivity contribution in [2.75, 3.05) is 13.7 Å². The number of carbonyl (C=O) groups excluding carboxylic acids is 1. The first-order valence-corrected chi connectivity index (χ1v) is 9.38.